The summed E-state index contributed by atoms with van der Waals surface area (Å²) >= 11 is 0. The molecular weight excluding hydrogens is 500 g/mol. The molecule has 0 saturated carbocycles. The Balaban J connectivity index is 1.56. The molecular formula is C34H28N2O4. The van der Waals surface area contributed by atoms with Crippen molar-refractivity contribution in [2.24, 2.45) is 5.16 Å². The van der Waals surface area contributed by atoms with E-state index in [1.54, 1.807) is 11.0 Å². The average Bonchev–Trinajstić information content (AvgIpc) is 3.29. The second kappa shape index (κ2) is 10.9. The van der Waals surface area contributed by atoms with Crippen LogP contribution in [0.5, 0.6) is 0 Å². The zero-order valence-corrected chi connectivity index (χ0v) is 22.8. The Labute approximate surface area is 233 Å². The van der Waals surface area contributed by atoms with Crippen LogP contribution < -0.4 is 4.90 Å². The third kappa shape index (κ3) is 4.99. The molecule has 0 spiro atoms. The van der Waals surface area contributed by atoms with Crippen molar-refractivity contribution in [2.45, 2.75) is 27.7 Å². The summed E-state index contributed by atoms with van der Waals surface area (Å²) in [6.45, 7) is 6.78. The molecule has 0 radical (unpaired) electrons. The second-order valence-corrected chi connectivity index (χ2v) is 9.80. The van der Waals surface area contributed by atoms with Gasteiger partial charge >= 0.3 is 5.97 Å². The maximum absolute atomic E-state index is 14.0. The number of fused-ring (bicyclic) bond motifs is 3. The molecule has 0 aromatic heterocycles. The van der Waals surface area contributed by atoms with Crippen LogP contribution in [0.25, 0.3) is 16.7 Å². The van der Waals surface area contributed by atoms with Crippen LogP contribution in [0.4, 0.5) is 11.4 Å². The van der Waals surface area contributed by atoms with Gasteiger partial charge in [-0.1, -0.05) is 65.3 Å². The first-order valence-corrected chi connectivity index (χ1v) is 12.9. The van der Waals surface area contributed by atoms with Crippen LogP contribution in [0.1, 0.15) is 59.5 Å². The zero-order valence-electron chi connectivity index (χ0n) is 22.8. The number of nitrogens with zero attached hydrogens (tertiary/aromatic N) is 2. The largest absolute Gasteiger partial charge is 0.331 e. The summed E-state index contributed by atoms with van der Waals surface area (Å²) in [7, 11) is 0. The van der Waals surface area contributed by atoms with Crippen LogP contribution >= 0.6 is 0 Å². The van der Waals surface area contributed by atoms with E-state index in [1.165, 1.54) is 13.8 Å². The van der Waals surface area contributed by atoms with Gasteiger partial charge in [0.2, 0.25) is 5.78 Å². The van der Waals surface area contributed by atoms with Crippen LogP contribution in [0.15, 0.2) is 108 Å². The van der Waals surface area contributed by atoms with E-state index in [9.17, 15) is 14.4 Å². The average molecular weight is 529 g/mol. The van der Waals surface area contributed by atoms with Gasteiger partial charge in [-0.05, 0) is 91.1 Å². The minimum absolute atomic E-state index is 0.0826. The van der Waals surface area contributed by atoms with Gasteiger partial charge in [0, 0.05) is 29.4 Å². The van der Waals surface area contributed by atoms with E-state index in [2.05, 4.69) is 9.99 Å². The molecule has 0 N–H and O–H groups in total. The standard InChI is InChI=1S/C34H28N2O4/c1-21(2)32-30-19-24(33(38)22(3)35-40-23(4)37)15-17-28(30)29-18-16-25(20-31(29)32)34(39)36(26-11-7-5-8-12-26)27-13-9-6-10-14-27/h5-20H,1-4H3/b35-22-. The Morgan fingerprint density at radius 1 is 0.625 bits per heavy atom. The van der Waals surface area contributed by atoms with Gasteiger partial charge in [0.25, 0.3) is 5.91 Å². The maximum atomic E-state index is 14.0. The number of benzene rings is 4. The van der Waals surface area contributed by atoms with E-state index in [4.69, 9.17) is 0 Å². The fourth-order valence-electron chi connectivity index (χ4n) is 4.98. The van der Waals surface area contributed by atoms with E-state index in [0.717, 1.165) is 44.8 Å². The van der Waals surface area contributed by atoms with Crippen molar-refractivity contribution in [3.05, 3.63) is 125 Å². The molecule has 4 aromatic rings. The molecule has 198 valence electrons. The van der Waals surface area contributed by atoms with Gasteiger partial charge in [0.05, 0.1) is 0 Å². The normalized spacial score (nSPS) is 11.9. The number of ketones is 1. The van der Waals surface area contributed by atoms with Crippen molar-refractivity contribution in [3.63, 3.8) is 0 Å². The van der Waals surface area contributed by atoms with Crippen LogP contribution in [-0.4, -0.2) is 23.4 Å². The van der Waals surface area contributed by atoms with Crippen molar-refractivity contribution >= 4 is 40.3 Å². The molecule has 1 aliphatic carbocycles. The lowest BCUT2D eigenvalue weighted by Crippen LogP contribution is -2.26. The number of para-hydroxylation sites is 2. The summed E-state index contributed by atoms with van der Waals surface area (Å²) in [5.41, 5.74) is 8.50. The molecule has 0 saturated heterocycles. The Morgan fingerprint density at radius 2 is 1.12 bits per heavy atom. The highest BCUT2D eigenvalue weighted by molar-refractivity contribution is 6.45. The maximum Gasteiger partial charge on any atom is 0.331 e. The number of carbonyl (C=O) groups excluding carboxylic acids is 3. The third-order valence-corrected chi connectivity index (χ3v) is 6.75. The molecule has 0 heterocycles. The van der Waals surface area contributed by atoms with E-state index in [-0.39, 0.29) is 17.4 Å². The number of amides is 1. The number of rotatable bonds is 6. The second-order valence-electron chi connectivity index (χ2n) is 9.80. The van der Waals surface area contributed by atoms with E-state index >= 15 is 0 Å². The van der Waals surface area contributed by atoms with Crippen molar-refractivity contribution in [1.82, 2.24) is 0 Å². The van der Waals surface area contributed by atoms with Gasteiger partial charge in [-0.2, -0.15) is 0 Å². The van der Waals surface area contributed by atoms with Gasteiger partial charge in [0.15, 0.2) is 0 Å². The fourth-order valence-corrected chi connectivity index (χ4v) is 4.98. The minimum Gasteiger partial charge on any atom is -0.318 e. The number of carbonyl (C=O) groups is 3. The predicted octanol–water partition coefficient (Wildman–Crippen LogP) is 7.61. The first kappa shape index (κ1) is 26.5. The molecule has 40 heavy (non-hydrogen) atoms. The summed E-state index contributed by atoms with van der Waals surface area (Å²) in [5, 5.41) is 3.65. The topological polar surface area (TPSA) is 76.0 Å². The fraction of sp³-hybridized carbons (Fsp3) is 0.118. The Hall–Kier alpha value is -5.10. The van der Waals surface area contributed by atoms with Gasteiger partial charge in [-0.15, -0.1) is 0 Å². The monoisotopic (exact) mass is 528 g/mol. The highest BCUT2D eigenvalue weighted by Crippen LogP contribution is 2.46. The lowest BCUT2D eigenvalue weighted by atomic mass is 9.96. The van der Waals surface area contributed by atoms with Gasteiger partial charge < -0.3 is 4.84 Å². The van der Waals surface area contributed by atoms with E-state index in [0.29, 0.717) is 11.1 Å². The Morgan fingerprint density at radius 3 is 1.62 bits per heavy atom. The molecule has 6 nitrogen and oxygen atoms in total. The third-order valence-electron chi connectivity index (χ3n) is 6.75. The smallest absolute Gasteiger partial charge is 0.318 e. The van der Waals surface area contributed by atoms with E-state index < -0.39 is 5.97 Å². The highest BCUT2D eigenvalue weighted by Gasteiger charge is 2.28. The van der Waals surface area contributed by atoms with Gasteiger partial charge in [-0.3, -0.25) is 14.5 Å². The van der Waals surface area contributed by atoms with Gasteiger partial charge in [0.1, 0.15) is 5.71 Å². The summed E-state index contributed by atoms with van der Waals surface area (Å²) in [6, 6.07) is 30.4. The van der Waals surface area contributed by atoms with Crippen molar-refractivity contribution < 1.29 is 19.2 Å². The molecule has 4 aromatic carbocycles. The molecule has 6 heteroatoms. The number of Topliss-reactive ketones (excluding diaryl/α,β-unsaturated/α-hetero) is 1. The lowest BCUT2D eigenvalue weighted by Gasteiger charge is -2.23. The molecule has 1 amide bonds. The zero-order chi connectivity index (χ0) is 28.4. The van der Waals surface area contributed by atoms with Crippen molar-refractivity contribution in [3.8, 4) is 11.1 Å². The lowest BCUT2D eigenvalue weighted by molar-refractivity contribution is -0.140. The van der Waals surface area contributed by atoms with Crippen LogP contribution in [-0.2, 0) is 9.63 Å². The predicted molar refractivity (Wildman–Crippen MR) is 158 cm³/mol. The molecule has 0 fully saturated rings. The first-order valence-electron chi connectivity index (χ1n) is 12.9. The number of hydrogen-bond acceptors (Lipinski definition) is 5. The molecule has 0 aliphatic heterocycles. The van der Waals surface area contributed by atoms with Crippen LogP contribution in [0.2, 0.25) is 0 Å². The van der Waals surface area contributed by atoms with Crippen LogP contribution in [0.3, 0.4) is 0 Å². The highest BCUT2D eigenvalue weighted by atomic mass is 16.7. The van der Waals surface area contributed by atoms with Gasteiger partial charge in [-0.25, -0.2) is 4.79 Å². The van der Waals surface area contributed by atoms with E-state index in [1.807, 2.05) is 105 Å². The number of hydrogen-bond donors (Lipinski definition) is 0. The quantitative estimate of drug-likeness (QED) is 0.0984. The Kier molecular flexibility index (Phi) is 7.25. The molecule has 5 rings (SSSR count). The molecule has 0 unspecified atom stereocenters. The number of anilines is 2. The molecule has 0 bridgehead atoms. The van der Waals surface area contributed by atoms with Crippen molar-refractivity contribution in [1.29, 1.82) is 0 Å². The first-order chi connectivity index (χ1) is 19.3. The molecule has 0 atom stereocenters. The Bertz CT molecular complexity index is 1660. The summed E-state index contributed by atoms with van der Waals surface area (Å²) in [4.78, 5) is 44.5. The number of allylic oxidation sites excluding steroid dienone is 1. The summed E-state index contributed by atoms with van der Waals surface area (Å²) in [5.74, 6) is -1.06. The van der Waals surface area contributed by atoms with Crippen LogP contribution in [0, 0.1) is 0 Å². The van der Waals surface area contributed by atoms with Crippen molar-refractivity contribution in [2.75, 3.05) is 4.90 Å². The SMILES string of the molecule is CC(=O)O/N=C(/C)C(=O)c1ccc2c(c1)C(=C(C)C)c1cc(C(=O)N(c3ccccc3)c3ccccc3)ccc1-2. The molecule has 1 aliphatic rings. The summed E-state index contributed by atoms with van der Waals surface area (Å²) in [6.07, 6.45) is 0. The summed E-state index contributed by atoms with van der Waals surface area (Å²) < 4.78 is 0. The minimum atomic E-state index is -0.591. The number of oxime groups is 1.